The Labute approximate surface area is 139 Å². The monoisotopic (exact) mass is 409 g/mol. The van der Waals surface area contributed by atoms with Crippen LogP contribution in [-0.2, 0) is 6.54 Å². The predicted molar refractivity (Wildman–Crippen MR) is 92.8 cm³/mol. The Morgan fingerprint density at radius 3 is 2.95 bits per heavy atom. The highest BCUT2D eigenvalue weighted by molar-refractivity contribution is 14.1. The molecule has 0 spiro atoms. The first-order valence-corrected chi connectivity index (χ1v) is 8.29. The number of thiophene rings is 1. The molecule has 0 aliphatic rings. The minimum Gasteiger partial charge on any atom is -0.307 e. The molecular weight excluding hydrogens is 397 g/mol. The maximum absolute atomic E-state index is 12.3. The molecule has 6 heteroatoms. The van der Waals surface area contributed by atoms with Crippen molar-refractivity contribution in [3.63, 3.8) is 0 Å². The van der Waals surface area contributed by atoms with Crippen molar-refractivity contribution in [1.29, 1.82) is 0 Å². The zero-order chi connectivity index (χ0) is 14.7. The van der Waals surface area contributed by atoms with Gasteiger partial charge in [-0.3, -0.25) is 4.79 Å². The predicted octanol–water partition coefficient (Wildman–Crippen LogP) is 3.85. The lowest BCUT2D eigenvalue weighted by Crippen LogP contribution is -2.16. The van der Waals surface area contributed by atoms with Gasteiger partial charge < -0.3 is 5.32 Å². The van der Waals surface area contributed by atoms with Gasteiger partial charge in [-0.1, -0.05) is 12.1 Å². The second-order valence-corrected chi connectivity index (χ2v) is 6.70. The van der Waals surface area contributed by atoms with Gasteiger partial charge in [0, 0.05) is 20.1 Å². The van der Waals surface area contributed by atoms with Crippen molar-refractivity contribution in [2.24, 2.45) is 0 Å². The fourth-order valence-electron chi connectivity index (χ4n) is 1.93. The maximum atomic E-state index is 12.3. The highest BCUT2D eigenvalue weighted by Gasteiger charge is 2.10. The number of rotatable bonds is 4. The summed E-state index contributed by atoms with van der Waals surface area (Å²) in [5, 5.41) is 9.20. The summed E-state index contributed by atoms with van der Waals surface area (Å²) in [6, 6.07) is 13.4. The number of amides is 1. The van der Waals surface area contributed by atoms with E-state index < -0.39 is 0 Å². The number of anilines is 1. The normalized spacial score (nSPS) is 10.5. The molecule has 4 nitrogen and oxygen atoms in total. The van der Waals surface area contributed by atoms with E-state index in [-0.39, 0.29) is 5.91 Å². The summed E-state index contributed by atoms with van der Waals surface area (Å²) in [7, 11) is 0. The Kier molecular flexibility index (Phi) is 4.35. The third-order valence-electron chi connectivity index (χ3n) is 2.93. The highest BCUT2D eigenvalue weighted by Crippen LogP contribution is 2.15. The number of benzene rings is 1. The fourth-order valence-corrected chi connectivity index (χ4v) is 3.16. The van der Waals surface area contributed by atoms with Gasteiger partial charge in [0.15, 0.2) is 0 Å². The summed E-state index contributed by atoms with van der Waals surface area (Å²) in [4.78, 5) is 13.5. The Bertz CT molecular complexity index is 752. The molecule has 106 valence electrons. The second-order valence-electron chi connectivity index (χ2n) is 4.42. The molecule has 0 unspecified atom stereocenters. The summed E-state index contributed by atoms with van der Waals surface area (Å²) in [6.45, 7) is 0.659. The van der Waals surface area contributed by atoms with E-state index in [1.165, 1.54) is 4.88 Å². The van der Waals surface area contributed by atoms with Crippen LogP contribution in [-0.4, -0.2) is 15.7 Å². The molecular formula is C15H12IN3OS. The fraction of sp³-hybridized carbons (Fsp3) is 0.0667. The lowest BCUT2D eigenvalue weighted by atomic mass is 10.2. The van der Waals surface area contributed by atoms with Crippen molar-refractivity contribution in [2.75, 3.05) is 5.32 Å². The lowest BCUT2D eigenvalue weighted by Gasteiger charge is -2.08. The lowest BCUT2D eigenvalue weighted by molar-refractivity contribution is 0.102. The van der Waals surface area contributed by atoms with Gasteiger partial charge in [-0.2, -0.15) is 5.10 Å². The SMILES string of the molecule is O=C(Nc1ccnn1Cc1cccs1)c1cccc(I)c1. The van der Waals surface area contributed by atoms with E-state index in [1.54, 1.807) is 34.3 Å². The summed E-state index contributed by atoms with van der Waals surface area (Å²) in [5.41, 5.74) is 0.644. The highest BCUT2D eigenvalue weighted by atomic mass is 127. The van der Waals surface area contributed by atoms with E-state index in [0.717, 1.165) is 3.57 Å². The number of aromatic nitrogens is 2. The van der Waals surface area contributed by atoms with Crippen LogP contribution in [0.2, 0.25) is 0 Å². The van der Waals surface area contributed by atoms with Crippen molar-refractivity contribution < 1.29 is 4.79 Å². The Morgan fingerprint density at radius 2 is 2.19 bits per heavy atom. The van der Waals surface area contributed by atoms with Crippen LogP contribution in [0.3, 0.4) is 0 Å². The van der Waals surface area contributed by atoms with Crippen LogP contribution in [0.4, 0.5) is 5.82 Å². The van der Waals surface area contributed by atoms with Gasteiger partial charge in [-0.05, 0) is 52.2 Å². The number of nitrogens with one attached hydrogen (secondary N) is 1. The molecule has 0 atom stereocenters. The maximum Gasteiger partial charge on any atom is 0.256 e. The van der Waals surface area contributed by atoms with E-state index >= 15 is 0 Å². The quantitative estimate of drug-likeness (QED) is 0.666. The van der Waals surface area contributed by atoms with E-state index in [9.17, 15) is 4.79 Å². The number of hydrogen-bond acceptors (Lipinski definition) is 3. The molecule has 2 heterocycles. The third-order valence-corrected chi connectivity index (χ3v) is 4.46. The van der Waals surface area contributed by atoms with Crippen molar-refractivity contribution in [2.45, 2.75) is 6.54 Å². The van der Waals surface area contributed by atoms with Gasteiger partial charge in [0.05, 0.1) is 12.7 Å². The summed E-state index contributed by atoms with van der Waals surface area (Å²) < 4.78 is 2.82. The summed E-state index contributed by atoms with van der Waals surface area (Å²) in [6.07, 6.45) is 1.69. The van der Waals surface area contributed by atoms with Gasteiger partial charge >= 0.3 is 0 Å². The first-order chi connectivity index (χ1) is 10.2. The van der Waals surface area contributed by atoms with Crippen LogP contribution in [0.15, 0.2) is 54.0 Å². The van der Waals surface area contributed by atoms with Gasteiger partial charge in [0.2, 0.25) is 0 Å². The molecule has 21 heavy (non-hydrogen) atoms. The molecule has 0 aliphatic heterocycles. The summed E-state index contributed by atoms with van der Waals surface area (Å²) in [5.74, 6) is 0.578. The second kappa shape index (κ2) is 6.40. The Morgan fingerprint density at radius 1 is 1.29 bits per heavy atom. The van der Waals surface area contributed by atoms with E-state index in [2.05, 4.69) is 39.1 Å². The molecule has 3 aromatic rings. The van der Waals surface area contributed by atoms with Gasteiger partial charge in [0.25, 0.3) is 5.91 Å². The first kappa shape index (κ1) is 14.3. The van der Waals surface area contributed by atoms with Crippen LogP contribution < -0.4 is 5.32 Å². The molecule has 2 aromatic heterocycles. The zero-order valence-electron chi connectivity index (χ0n) is 11.0. The largest absolute Gasteiger partial charge is 0.307 e. The standard InChI is InChI=1S/C15H12IN3OS/c16-12-4-1-3-11(9-12)15(20)18-14-6-7-17-19(14)10-13-5-2-8-21-13/h1-9H,10H2,(H,18,20). The number of hydrogen-bond donors (Lipinski definition) is 1. The minimum absolute atomic E-state index is 0.124. The van der Waals surface area contributed by atoms with Crippen molar-refractivity contribution in [1.82, 2.24) is 9.78 Å². The van der Waals surface area contributed by atoms with E-state index in [1.807, 2.05) is 29.6 Å². The van der Waals surface area contributed by atoms with E-state index in [0.29, 0.717) is 17.9 Å². The number of nitrogens with zero attached hydrogens (tertiary/aromatic N) is 2. The molecule has 0 radical (unpaired) electrons. The van der Waals surface area contributed by atoms with Crippen molar-refractivity contribution in [3.05, 3.63) is 68.1 Å². The number of halogens is 1. The first-order valence-electron chi connectivity index (χ1n) is 6.33. The molecule has 0 aliphatic carbocycles. The molecule has 1 N–H and O–H groups in total. The number of carbonyl (C=O) groups excluding carboxylic acids is 1. The van der Waals surface area contributed by atoms with Gasteiger partial charge in [-0.25, -0.2) is 4.68 Å². The van der Waals surface area contributed by atoms with Crippen LogP contribution in [0.5, 0.6) is 0 Å². The van der Waals surface area contributed by atoms with Gasteiger partial charge in [0.1, 0.15) is 5.82 Å². The Balaban J connectivity index is 1.76. The average molecular weight is 409 g/mol. The molecule has 3 rings (SSSR count). The smallest absolute Gasteiger partial charge is 0.256 e. The molecule has 0 fully saturated rings. The molecule has 0 bridgehead atoms. The van der Waals surface area contributed by atoms with Crippen LogP contribution in [0, 0.1) is 3.57 Å². The minimum atomic E-state index is -0.124. The summed E-state index contributed by atoms with van der Waals surface area (Å²) >= 11 is 3.87. The average Bonchev–Trinajstić information content (AvgIpc) is 3.12. The van der Waals surface area contributed by atoms with Crippen LogP contribution in [0.1, 0.15) is 15.2 Å². The van der Waals surface area contributed by atoms with Crippen LogP contribution >= 0.6 is 33.9 Å². The van der Waals surface area contributed by atoms with Crippen molar-refractivity contribution >= 4 is 45.7 Å². The molecule has 0 saturated carbocycles. The van der Waals surface area contributed by atoms with Crippen molar-refractivity contribution in [3.8, 4) is 0 Å². The van der Waals surface area contributed by atoms with E-state index in [4.69, 9.17) is 0 Å². The van der Waals surface area contributed by atoms with Crippen LogP contribution in [0.25, 0.3) is 0 Å². The topological polar surface area (TPSA) is 46.9 Å². The number of carbonyl (C=O) groups is 1. The zero-order valence-corrected chi connectivity index (χ0v) is 14.0. The third kappa shape index (κ3) is 3.51. The molecule has 1 aromatic carbocycles. The molecule has 0 saturated heterocycles. The van der Waals surface area contributed by atoms with Gasteiger partial charge in [-0.15, -0.1) is 11.3 Å². The molecule has 1 amide bonds. The Hall–Kier alpha value is -1.67.